The van der Waals surface area contributed by atoms with E-state index >= 15 is 0 Å². The van der Waals surface area contributed by atoms with Crippen molar-refractivity contribution in [2.24, 2.45) is 0 Å². The molecule has 3 aromatic heterocycles. The van der Waals surface area contributed by atoms with Gasteiger partial charge in [-0.3, -0.25) is 15.0 Å². The van der Waals surface area contributed by atoms with Crippen LogP contribution in [0.1, 0.15) is 16.7 Å². The molecule has 0 fully saturated rings. The number of anilines is 3. The lowest BCUT2D eigenvalue weighted by Gasteiger charge is -2.11. The van der Waals surface area contributed by atoms with Gasteiger partial charge in [-0.1, -0.05) is 114 Å². The fraction of sp³-hybridized carbons (Fsp3) is 0.0556. The molecule has 0 radical (unpaired) electrons. The van der Waals surface area contributed by atoms with Crippen molar-refractivity contribution in [1.82, 2.24) is 15.0 Å². The number of rotatable bonds is 6. The van der Waals surface area contributed by atoms with Gasteiger partial charge in [0.15, 0.2) is 0 Å². The molecule has 6 N–H and O–H groups in total. The second-order valence-electron chi connectivity index (χ2n) is 14.7. The number of aromatic nitrogens is 3. The van der Waals surface area contributed by atoms with E-state index in [1.807, 2.05) is 110 Å². The van der Waals surface area contributed by atoms with E-state index in [2.05, 4.69) is 121 Å². The molecule has 9 aromatic rings. The van der Waals surface area contributed by atoms with Gasteiger partial charge in [0.2, 0.25) is 0 Å². The van der Waals surface area contributed by atoms with E-state index in [0.717, 1.165) is 45.0 Å². The van der Waals surface area contributed by atoms with Gasteiger partial charge < -0.3 is 17.2 Å². The third-order valence-corrected chi connectivity index (χ3v) is 10.1. The maximum absolute atomic E-state index is 5.77. The third kappa shape index (κ3) is 10.2. The minimum Gasteiger partial charge on any atom is -0.399 e. The summed E-state index contributed by atoms with van der Waals surface area (Å²) in [6, 6.07) is 57.5. The number of benzene rings is 6. The summed E-state index contributed by atoms with van der Waals surface area (Å²) in [6.07, 6.45) is 9.16. The molecule has 0 atom stereocenters. The van der Waals surface area contributed by atoms with Gasteiger partial charge in [-0.15, -0.1) is 0 Å². The summed E-state index contributed by atoms with van der Waals surface area (Å²) in [5, 5.41) is 0. The number of nitrogen functional groups attached to an aromatic ring is 3. The lowest BCUT2D eigenvalue weighted by molar-refractivity contribution is 1.32. The first-order chi connectivity index (χ1) is 29.2. The van der Waals surface area contributed by atoms with Gasteiger partial charge >= 0.3 is 0 Å². The van der Waals surface area contributed by atoms with Gasteiger partial charge in [0.25, 0.3) is 0 Å². The maximum atomic E-state index is 5.77. The van der Waals surface area contributed by atoms with E-state index < -0.39 is 0 Å². The Labute approximate surface area is 353 Å². The Morgan fingerprint density at radius 1 is 0.317 bits per heavy atom. The summed E-state index contributed by atoms with van der Waals surface area (Å²) in [4.78, 5) is 12.8. The standard InChI is InChI=1S/3C18H16N2/c1-13-2-7-17(14-3-5-16(19)6-4-14)18(12-13)15-8-10-20-11-9-15;1-13-4-9-17(14-5-7-16(19)8-6-14)18(11-13)15-3-2-10-20-12-15;1-13-5-10-16(14-6-8-15(19)9-7-14)17(12-13)18-4-2-3-11-20-18/h3*2-12H,19H2,1H3. The molecule has 3 heterocycles. The molecule has 0 unspecified atom stereocenters. The van der Waals surface area contributed by atoms with Gasteiger partial charge in [0, 0.05) is 59.2 Å². The zero-order valence-corrected chi connectivity index (χ0v) is 34.1. The number of hydrogen-bond donors (Lipinski definition) is 3. The van der Waals surface area contributed by atoms with E-state index in [9.17, 15) is 0 Å². The van der Waals surface area contributed by atoms with E-state index in [-0.39, 0.29) is 0 Å². The summed E-state index contributed by atoms with van der Waals surface area (Å²) in [5.74, 6) is 0. The second kappa shape index (κ2) is 19.1. The predicted octanol–water partition coefficient (Wildman–Crippen LogP) is 12.9. The summed E-state index contributed by atoms with van der Waals surface area (Å²) >= 11 is 0. The molecular weight excluding hydrogens is 733 g/mol. The van der Waals surface area contributed by atoms with Crippen LogP contribution in [0.5, 0.6) is 0 Å². The zero-order chi connectivity index (χ0) is 41.8. The highest BCUT2D eigenvalue weighted by Crippen LogP contribution is 2.35. The quantitative estimate of drug-likeness (QED) is 0.145. The average Bonchev–Trinajstić information content (AvgIpc) is 3.29. The molecule has 60 heavy (non-hydrogen) atoms. The SMILES string of the molecule is Cc1ccc(-c2ccc(N)cc2)c(-c2ccccn2)c1.Cc1ccc(-c2ccc(N)cc2)c(-c2cccnc2)c1.Cc1ccc(-c2ccc(N)cc2)c(-c2ccncc2)c1. The predicted molar refractivity (Wildman–Crippen MR) is 253 cm³/mol. The number of nitrogens with two attached hydrogens (primary N) is 3. The highest BCUT2D eigenvalue weighted by Gasteiger charge is 2.11. The van der Waals surface area contributed by atoms with E-state index in [0.29, 0.717) is 0 Å². The van der Waals surface area contributed by atoms with Crippen molar-refractivity contribution < 1.29 is 0 Å². The van der Waals surface area contributed by atoms with Gasteiger partial charge in [0.1, 0.15) is 0 Å². The van der Waals surface area contributed by atoms with Crippen LogP contribution >= 0.6 is 0 Å². The number of aryl methyl sites for hydroxylation is 3. The fourth-order valence-corrected chi connectivity index (χ4v) is 6.98. The Kier molecular flexibility index (Phi) is 12.8. The molecule has 0 aliphatic heterocycles. The van der Waals surface area contributed by atoms with Gasteiger partial charge in [0.05, 0.1) is 5.69 Å². The molecule has 294 valence electrons. The molecule has 9 rings (SSSR count). The van der Waals surface area contributed by atoms with Crippen molar-refractivity contribution >= 4 is 17.1 Å². The molecule has 0 bridgehead atoms. The van der Waals surface area contributed by atoms with Crippen LogP contribution in [0.4, 0.5) is 17.1 Å². The minimum atomic E-state index is 0.778. The monoisotopic (exact) mass is 780 g/mol. The zero-order valence-electron chi connectivity index (χ0n) is 34.1. The van der Waals surface area contributed by atoms with Gasteiger partial charge in [-0.2, -0.15) is 0 Å². The summed E-state index contributed by atoms with van der Waals surface area (Å²) in [5.41, 5.74) is 37.3. The maximum Gasteiger partial charge on any atom is 0.0708 e. The van der Waals surface area contributed by atoms with E-state index in [1.165, 1.54) is 55.6 Å². The topological polar surface area (TPSA) is 117 Å². The van der Waals surface area contributed by atoms with Crippen molar-refractivity contribution in [3.8, 4) is 66.9 Å². The Morgan fingerprint density at radius 2 is 0.750 bits per heavy atom. The molecule has 6 heteroatoms. The number of hydrogen-bond acceptors (Lipinski definition) is 6. The molecule has 6 aromatic carbocycles. The Hall–Kier alpha value is -7.83. The number of pyridine rings is 3. The molecule has 0 spiro atoms. The van der Waals surface area contributed by atoms with Crippen LogP contribution in [0.2, 0.25) is 0 Å². The first-order valence-corrected chi connectivity index (χ1v) is 19.8. The van der Waals surface area contributed by atoms with Gasteiger partial charge in [-0.05, 0) is 144 Å². The fourth-order valence-electron chi connectivity index (χ4n) is 6.98. The third-order valence-electron chi connectivity index (χ3n) is 10.1. The van der Waals surface area contributed by atoms with E-state index in [4.69, 9.17) is 17.2 Å². The molecule has 6 nitrogen and oxygen atoms in total. The molecule has 0 aliphatic carbocycles. The molecule has 0 saturated heterocycles. The lowest BCUT2D eigenvalue weighted by Crippen LogP contribution is -1.90. The van der Waals surface area contributed by atoms with E-state index in [1.54, 1.807) is 6.20 Å². The summed E-state index contributed by atoms with van der Waals surface area (Å²) < 4.78 is 0. The van der Waals surface area contributed by atoms with Crippen molar-refractivity contribution in [3.63, 3.8) is 0 Å². The molecule has 0 aliphatic rings. The molecule has 0 saturated carbocycles. The van der Waals surface area contributed by atoms with Crippen LogP contribution in [0.25, 0.3) is 66.9 Å². The molecule has 0 amide bonds. The minimum absolute atomic E-state index is 0.778. The Balaban J connectivity index is 0.000000136. The lowest BCUT2D eigenvalue weighted by atomic mass is 9.93. The van der Waals surface area contributed by atoms with Crippen LogP contribution in [-0.4, -0.2) is 15.0 Å². The normalized spacial score (nSPS) is 10.4. The van der Waals surface area contributed by atoms with Crippen LogP contribution in [-0.2, 0) is 0 Å². The largest absolute Gasteiger partial charge is 0.399 e. The average molecular weight is 781 g/mol. The van der Waals surface area contributed by atoms with Crippen LogP contribution in [0.3, 0.4) is 0 Å². The first-order valence-electron chi connectivity index (χ1n) is 19.8. The highest BCUT2D eigenvalue weighted by molar-refractivity contribution is 5.86. The van der Waals surface area contributed by atoms with Crippen molar-refractivity contribution in [2.45, 2.75) is 20.8 Å². The highest BCUT2D eigenvalue weighted by atomic mass is 14.7. The summed E-state index contributed by atoms with van der Waals surface area (Å²) in [6.45, 7) is 6.31. The van der Waals surface area contributed by atoms with Crippen molar-refractivity contribution in [2.75, 3.05) is 17.2 Å². The van der Waals surface area contributed by atoms with Crippen molar-refractivity contribution in [3.05, 3.63) is 218 Å². The Bertz CT molecular complexity index is 2460. The van der Waals surface area contributed by atoms with Crippen LogP contribution < -0.4 is 17.2 Å². The van der Waals surface area contributed by atoms with Gasteiger partial charge in [-0.25, -0.2) is 0 Å². The summed E-state index contributed by atoms with van der Waals surface area (Å²) in [7, 11) is 0. The first kappa shape index (κ1) is 40.4. The number of nitrogens with zero attached hydrogens (tertiary/aromatic N) is 3. The second-order valence-corrected chi connectivity index (χ2v) is 14.7. The van der Waals surface area contributed by atoms with Crippen molar-refractivity contribution in [1.29, 1.82) is 0 Å². The van der Waals surface area contributed by atoms with Crippen LogP contribution in [0, 0.1) is 20.8 Å². The smallest absolute Gasteiger partial charge is 0.0708 e. The Morgan fingerprint density at radius 3 is 1.18 bits per heavy atom. The van der Waals surface area contributed by atoms with Crippen LogP contribution in [0.15, 0.2) is 201 Å². The molecular formula is C54H48N6.